The van der Waals surface area contributed by atoms with Crippen molar-refractivity contribution in [1.82, 2.24) is 0 Å². The third kappa shape index (κ3) is 10.8. The van der Waals surface area contributed by atoms with Gasteiger partial charge in [0.1, 0.15) is 13.2 Å². The predicted octanol–water partition coefficient (Wildman–Crippen LogP) is -1.21. The largest absolute Gasteiger partial charge is 0.480 e. The summed E-state index contributed by atoms with van der Waals surface area (Å²) in [6.45, 7) is -1.13. The minimum absolute atomic E-state index is 0. The quantitative estimate of drug-likeness (QED) is 0.500. The molecule has 0 amide bonds. The molecule has 6 heteroatoms. The third-order valence-corrected chi connectivity index (χ3v) is 0.451. The Morgan fingerprint density at radius 3 is 1.60 bits per heavy atom. The second kappa shape index (κ2) is 7.01. The van der Waals surface area contributed by atoms with Gasteiger partial charge < -0.3 is 14.9 Å². The van der Waals surface area contributed by atoms with Gasteiger partial charge in [0.15, 0.2) is 0 Å². The fraction of sp³-hybridized carbons (Fsp3) is 0.500. The summed E-state index contributed by atoms with van der Waals surface area (Å²) in [7, 11) is 0. The molecule has 53 valence electrons. The Hall–Kier alpha value is -0.100. The molecule has 0 saturated carbocycles. The number of rotatable bonds is 4. The van der Waals surface area contributed by atoms with Gasteiger partial charge in [-0.25, -0.2) is 9.59 Å². The van der Waals surface area contributed by atoms with E-state index in [9.17, 15) is 9.59 Å². The molecule has 0 unspecified atom stereocenters. The van der Waals surface area contributed by atoms with E-state index in [2.05, 4.69) is 4.74 Å². The second-order valence-corrected chi connectivity index (χ2v) is 1.28. The molecule has 0 rings (SSSR count). The summed E-state index contributed by atoms with van der Waals surface area (Å²) in [6, 6.07) is 0. The first-order chi connectivity index (χ1) is 4.13. The van der Waals surface area contributed by atoms with Gasteiger partial charge in [0.25, 0.3) is 0 Å². The van der Waals surface area contributed by atoms with Crippen LogP contribution in [-0.4, -0.2) is 64.9 Å². The summed E-state index contributed by atoms with van der Waals surface area (Å²) >= 11 is 0. The van der Waals surface area contributed by atoms with Crippen LogP contribution < -0.4 is 0 Å². The molecule has 0 fully saturated rings. The zero-order valence-electron chi connectivity index (χ0n) is 5.53. The maximum absolute atomic E-state index is 9.66. The second-order valence-electron chi connectivity index (χ2n) is 1.28. The first kappa shape index (κ1) is 12.6. The average molecular weight is 157 g/mol. The van der Waals surface area contributed by atoms with Crippen LogP contribution in [0.3, 0.4) is 0 Å². The maximum atomic E-state index is 9.66. The van der Waals surface area contributed by atoms with Gasteiger partial charge in [-0.3, -0.25) is 0 Å². The van der Waals surface area contributed by atoms with Crippen LogP contribution in [0.5, 0.6) is 0 Å². The van der Waals surface area contributed by atoms with Crippen LogP contribution in [0.1, 0.15) is 0 Å². The molecule has 0 aromatic heterocycles. The van der Waals surface area contributed by atoms with Gasteiger partial charge in [-0.15, -0.1) is 0 Å². The number of carboxylic acid groups (broad SMARTS) is 2. The van der Waals surface area contributed by atoms with E-state index in [-0.39, 0.29) is 29.6 Å². The van der Waals surface area contributed by atoms with Gasteiger partial charge >= 0.3 is 11.9 Å². The van der Waals surface area contributed by atoms with Crippen LogP contribution in [0, 0.1) is 0 Å². The van der Waals surface area contributed by atoms with E-state index in [0.29, 0.717) is 0 Å². The zero-order chi connectivity index (χ0) is 7.28. The van der Waals surface area contributed by atoms with Gasteiger partial charge in [-0.2, -0.15) is 0 Å². The summed E-state index contributed by atoms with van der Waals surface area (Å²) in [5, 5.41) is 15.8. The molecule has 0 spiro atoms. The van der Waals surface area contributed by atoms with Gasteiger partial charge in [-0.1, -0.05) is 0 Å². The third-order valence-electron chi connectivity index (χ3n) is 0.451. The topological polar surface area (TPSA) is 83.8 Å². The molecular weight excluding hydrogens is 151 g/mol. The van der Waals surface area contributed by atoms with Crippen LogP contribution >= 0.6 is 0 Å². The van der Waals surface area contributed by atoms with Gasteiger partial charge in [0.2, 0.25) is 0 Å². The molecule has 1 radical (unpaired) electrons. The molecule has 0 aliphatic heterocycles. The molecule has 0 aliphatic carbocycles. The van der Waals surface area contributed by atoms with Crippen molar-refractivity contribution >= 4 is 41.5 Å². The Morgan fingerprint density at radius 1 is 1.10 bits per heavy atom. The van der Waals surface area contributed by atoms with E-state index in [1.54, 1.807) is 0 Å². The van der Waals surface area contributed by atoms with E-state index in [1.165, 1.54) is 0 Å². The van der Waals surface area contributed by atoms with E-state index in [4.69, 9.17) is 10.2 Å². The molecule has 0 atom stereocenters. The Morgan fingerprint density at radius 2 is 1.40 bits per heavy atom. The predicted molar refractivity (Wildman–Crippen MR) is 31.8 cm³/mol. The van der Waals surface area contributed by atoms with Crippen LogP contribution in [0.15, 0.2) is 0 Å². The van der Waals surface area contributed by atoms with Crippen molar-refractivity contribution < 1.29 is 24.5 Å². The number of ether oxygens (including phenoxy) is 1. The molecule has 0 aromatic rings. The number of hydrogen-bond donors (Lipinski definition) is 2. The Labute approximate surface area is 79.3 Å². The van der Waals surface area contributed by atoms with Crippen molar-refractivity contribution in [2.24, 2.45) is 0 Å². The zero-order valence-corrected chi connectivity index (χ0v) is 7.53. The molecule has 0 aliphatic rings. The molecule has 0 saturated heterocycles. The van der Waals surface area contributed by atoms with Crippen molar-refractivity contribution in [3.8, 4) is 0 Å². The van der Waals surface area contributed by atoms with E-state index < -0.39 is 25.2 Å². The van der Waals surface area contributed by atoms with Crippen molar-refractivity contribution in [1.29, 1.82) is 0 Å². The van der Waals surface area contributed by atoms with Gasteiger partial charge in [0.05, 0.1) is 0 Å². The Balaban J connectivity index is 0. The van der Waals surface area contributed by atoms with Gasteiger partial charge in [-0.05, 0) is 0 Å². The van der Waals surface area contributed by atoms with Crippen molar-refractivity contribution in [2.45, 2.75) is 0 Å². The maximum Gasteiger partial charge on any atom is 0.329 e. The summed E-state index contributed by atoms with van der Waals surface area (Å²) < 4.78 is 4.16. The molecule has 0 heterocycles. The first-order valence-corrected chi connectivity index (χ1v) is 2.14. The number of aliphatic carboxylic acids is 2. The SMILES string of the molecule is O=C(O)COCC(=O)O.[Na]. The normalized spacial score (nSPS) is 8.00. The van der Waals surface area contributed by atoms with Crippen molar-refractivity contribution in [2.75, 3.05) is 13.2 Å². The summed E-state index contributed by atoms with van der Waals surface area (Å²) in [4.78, 5) is 19.3. The minimum Gasteiger partial charge on any atom is -0.480 e. The van der Waals surface area contributed by atoms with E-state index in [1.807, 2.05) is 0 Å². The summed E-state index contributed by atoms with van der Waals surface area (Å²) in [5.74, 6) is -2.34. The minimum atomic E-state index is -1.17. The Bertz CT molecular complexity index is 109. The van der Waals surface area contributed by atoms with Gasteiger partial charge in [0, 0.05) is 29.6 Å². The van der Waals surface area contributed by atoms with Crippen LogP contribution in [0.4, 0.5) is 0 Å². The molecule has 10 heavy (non-hydrogen) atoms. The summed E-state index contributed by atoms with van der Waals surface area (Å²) in [6.07, 6.45) is 0. The van der Waals surface area contributed by atoms with Crippen molar-refractivity contribution in [3.05, 3.63) is 0 Å². The standard InChI is InChI=1S/C4H6O5.Na/c5-3(6)1-9-2-4(7)8;/h1-2H2,(H,5,6)(H,7,8);. The molecule has 0 bridgehead atoms. The van der Waals surface area contributed by atoms with E-state index >= 15 is 0 Å². The first-order valence-electron chi connectivity index (χ1n) is 2.14. The molecular formula is C4H6NaO5. The van der Waals surface area contributed by atoms with Crippen LogP contribution in [-0.2, 0) is 14.3 Å². The average Bonchev–Trinajstić information content (AvgIpc) is 1.63. The van der Waals surface area contributed by atoms with Crippen LogP contribution in [0.2, 0.25) is 0 Å². The van der Waals surface area contributed by atoms with Crippen LogP contribution in [0.25, 0.3) is 0 Å². The fourth-order valence-corrected chi connectivity index (χ4v) is 0.226. The number of carboxylic acids is 2. The monoisotopic (exact) mass is 157 g/mol. The van der Waals surface area contributed by atoms with Crippen molar-refractivity contribution in [3.63, 3.8) is 0 Å². The number of hydrogen-bond acceptors (Lipinski definition) is 3. The molecule has 2 N–H and O–H groups in total. The number of carbonyl (C=O) groups is 2. The molecule has 0 aromatic carbocycles. The van der Waals surface area contributed by atoms with E-state index in [0.717, 1.165) is 0 Å². The Kier molecular flexibility index (Phi) is 8.81. The fourth-order valence-electron chi connectivity index (χ4n) is 0.226. The smallest absolute Gasteiger partial charge is 0.329 e. The summed E-state index contributed by atoms with van der Waals surface area (Å²) in [5.41, 5.74) is 0. The molecule has 5 nitrogen and oxygen atoms in total.